The van der Waals surface area contributed by atoms with Crippen molar-refractivity contribution >= 4 is 11.6 Å². The van der Waals surface area contributed by atoms with Crippen LogP contribution in [-0.2, 0) is 6.54 Å². The van der Waals surface area contributed by atoms with E-state index in [4.69, 9.17) is 16.3 Å². The number of nitrogens with zero attached hydrogens (tertiary/aromatic N) is 1. The Morgan fingerprint density at radius 3 is 2.48 bits per heavy atom. The minimum absolute atomic E-state index is 0.349. The fraction of sp³-hybridized carbons (Fsp3) is 0.368. The van der Waals surface area contributed by atoms with Gasteiger partial charge in [-0.15, -0.1) is 0 Å². The Balaban J connectivity index is 1.49. The lowest BCUT2D eigenvalue weighted by Gasteiger charge is -2.38. The molecule has 0 aliphatic carbocycles. The molecule has 0 radical (unpaired) electrons. The number of hydrogen-bond donors (Lipinski definition) is 1. The van der Waals surface area contributed by atoms with Crippen LogP contribution in [0.15, 0.2) is 54.6 Å². The maximum absolute atomic E-state index is 10.7. The van der Waals surface area contributed by atoms with E-state index in [0.29, 0.717) is 6.61 Å². The first-order valence-electron chi connectivity index (χ1n) is 8.00. The van der Waals surface area contributed by atoms with Gasteiger partial charge in [-0.1, -0.05) is 41.9 Å². The molecule has 1 heterocycles. The standard InChI is InChI=1S/C19H22ClNO2/c20-17-6-4-5-16(13-17)14-21-11-9-19(22,10-12-21)15-23-18-7-2-1-3-8-18/h1-8,13,22H,9-12,14-15H2. The monoisotopic (exact) mass is 331 g/mol. The van der Waals surface area contributed by atoms with Crippen LogP contribution in [0.4, 0.5) is 0 Å². The van der Waals surface area contributed by atoms with Gasteiger partial charge in [0.1, 0.15) is 18.0 Å². The van der Waals surface area contributed by atoms with Crippen molar-refractivity contribution in [1.29, 1.82) is 0 Å². The van der Waals surface area contributed by atoms with E-state index in [-0.39, 0.29) is 0 Å². The number of para-hydroxylation sites is 1. The van der Waals surface area contributed by atoms with Crippen LogP contribution >= 0.6 is 11.6 Å². The van der Waals surface area contributed by atoms with Gasteiger partial charge in [0, 0.05) is 24.7 Å². The number of rotatable bonds is 5. The van der Waals surface area contributed by atoms with Crippen LogP contribution in [0.5, 0.6) is 5.75 Å². The zero-order valence-corrected chi connectivity index (χ0v) is 13.9. The quantitative estimate of drug-likeness (QED) is 0.905. The lowest BCUT2D eigenvalue weighted by atomic mass is 9.92. The molecule has 23 heavy (non-hydrogen) atoms. The molecule has 4 heteroatoms. The highest BCUT2D eigenvalue weighted by atomic mass is 35.5. The molecule has 1 fully saturated rings. The van der Waals surface area contributed by atoms with Crippen LogP contribution in [0.2, 0.25) is 5.02 Å². The summed E-state index contributed by atoms with van der Waals surface area (Å²) in [5.41, 5.74) is 0.476. The number of likely N-dealkylation sites (tertiary alicyclic amines) is 1. The van der Waals surface area contributed by atoms with Gasteiger partial charge >= 0.3 is 0 Å². The Bertz CT molecular complexity index is 624. The Morgan fingerprint density at radius 1 is 1.04 bits per heavy atom. The van der Waals surface area contributed by atoms with Crippen molar-refractivity contribution in [3.63, 3.8) is 0 Å². The normalized spacial score (nSPS) is 17.8. The number of hydrogen-bond acceptors (Lipinski definition) is 3. The highest BCUT2D eigenvalue weighted by molar-refractivity contribution is 6.30. The second-order valence-corrected chi connectivity index (χ2v) is 6.67. The molecule has 0 saturated carbocycles. The molecule has 1 N–H and O–H groups in total. The van der Waals surface area contributed by atoms with E-state index in [1.165, 1.54) is 5.56 Å². The second kappa shape index (κ2) is 7.35. The third-order valence-electron chi connectivity index (χ3n) is 4.33. The molecule has 1 aliphatic rings. The molecule has 0 bridgehead atoms. The number of piperidine rings is 1. The summed E-state index contributed by atoms with van der Waals surface area (Å²) in [5, 5.41) is 11.5. The Morgan fingerprint density at radius 2 is 1.78 bits per heavy atom. The van der Waals surface area contributed by atoms with Crippen molar-refractivity contribution < 1.29 is 9.84 Å². The predicted octanol–water partition coefficient (Wildman–Crippen LogP) is 3.75. The summed E-state index contributed by atoms with van der Waals surface area (Å²) in [5.74, 6) is 0.808. The topological polar surface area (TPSA) is 32.7 Å². The van der Waals surface area contributed by atoms with Crippen molar-refractivity contribution in [1.82, 2.24) is 4.90 Å². The summed E-state index contributed by atoms with van der Waals surface area (Å²) in [6.45, 7) is 2.94. The molecule has 2 aromatic carbocycles. The minimum atomic E-state index is -0.735. The smallest absolute Gasteiger partial charge is 0.119 e. The molecule has 1 saturated heterocycles. The first kappa shape index (κ1) is 16.3. The minimum Gasteiger partial charge on any atom is -0.491 e. The van der Waals surface area contributed by atoms with Gasteiger partial charge in [0.25, 0.3) is 0 Å². The average Bonchev–Trinajstić information content (AvgIpc) is 2.57. The van der Waals surface area contributed by atoms with Gasteiger partial charge in [0.15, 0.2) is 0 Å². The van der Waals surface area contributed by atoms with Crippen molar-refractivity contribution in [2.75, 3.05) is 19.7 Å². The van der Waals surface area contributed by atoms with Gasteiger partial charge in [0.2, 0.25) is 0 Å². The highest BCUT2D eigenvalue weighted by Gasteiger charge is 2.33. The molecule has 1 aliphatic heterocycles. The summed E-state index contributed by atoms with van der Waals surface area (Å²) >= 11 is 6.03. The number of ether oxygens (including phenoxy) is 1. The van der Waals surface area contributed by atoms with E-state index in [0.717, 1.165) is 43.2 Å². The second-order valence-electron chi connectivity index (χ2n) is 6.23. The summed E-state index contributed by atoms with van der Waals surface area (Å²) in [6, 6.07) is 17.6. The number of halogens is 1. The SMILES string of the molecule is OC1(COc2ccccc2)CCN(Cc2cccc(Cl)c2)CC1. The molecular formula is C19H22ClNO2. The first-order chi connectivity index (χ1) is 11.1. The molecule has 3 rings (SSSR count). The molecular weight excluding hydrogens is 310 g/mol. The summed E-state index contributed by atoms with van der Waals surface area (Å²) in [7, 11) is 0. The first-order valence-corrected chi connectivity index (χ1v) is 8.38. The van der Waals surface area contributed by atoms with Crippen LogP contribution < -0.4 is 4.74 Å². The van der Waals surface area contributed by atoms with Gasteiger partial charge < -0.3 is 9.84 Å². The van der Waals surface area contributed by atoms with Crippen molar-refractivity contribution in [2.45, 2.75) is 25.0 Å². The van der Waals surface area contributed by atoms with Gasteiger partial charge in [-0.05, 0) is 42.7 Å². The molecule has 3 nitrogen and oxygen atoms in total. The van der Waals surface area contributed by atoms with E-state index in [9.17, 15) is 5.11 Å². The third kappa shape index (κ3) is 4.71. The molecule has 0 unspecified atom stereocenters. The van der Waals surface area contributed by atoms with Gasteiger partial charge in [-0.3, -0.25) is 4.90 Å². The molecule has 2 aromatic rings. The van der Waals surface area contributed by atoms with E-state index in [1.807, 2.05) is 48.5 Å². The molecule has 0 aromatic heterocycles. The average molecular weight is 332 g/mol. The van der Waals surface area contributed by atoms with Crippen LogP contribution in [0, 0.1) is 0 Å². The van der Waals surface area contributed by atoms with Crippen molar-refractivity contribution in [3.05, 3.63) is 65.2 Å². The van der Waals surface area contributed by atoms with Crippen LogP contribution in [0.3, 0.4) is 0 Å². The Labute approximate surface area is 142 Å². The molecule has 0 spiro atoms. The fourth-order valence-electron chi connectivity index (χ4n) is 2.90. The Hall–Kier alpha value is -1.55. The van der Waals surface area contributed by atoms with E-state index < -0.39 is 5.60 Å². The summed E-state index contributed by atoms with van der Waals surface area (Å²) in [4.78, 5) is 2.35. The van der Waals surface area contributed by atoms with Gasteiger partial charge in [-0.25, -0.2) is 0 Å². The van der Waals surface area contributed by atoms with Gasteiger partial charge in [-0.2, -0.15) is 0 Å². The zero-order chi connectivity index (χ0) is 16.1. The fourth-order valence-corrected chi connectivity index (χ4v) is 3.11. The van der Waals surface area contributed by atoms with Crippen LogP contribution in [-0.4, -0.2) is 35.3 Å². The van der Waals surface area contributed by atoms with Crippen molar-refractivity contribution in [2.24, 2.45) is 0 Å². The van der Waals surface area contributed by atoms with Gasteiger partial charge in [0.05, 0.1) is 0 Å². The zero-order valence-electron chi connectivity index (χ0n) is 13.1. The predicted molar refractivity (Wildman–Crippen MR) is 92.8 cm³/mol. The summed E-state index contributed by atoms with van der Waals surface area (Å²) < 4.78 is 5.73. The van der Waals surface area contributed by atoms with Crippen LogP contribution in [0.1, 0.15) is 18.4 Å². The highest BCUT2D eigenvalue weighted by Crippen LogP contribution is 2.25. The van der Waals surface area contributed by atoms with E-state index in [2.05, 4.69) is 11.0 Å². The summed E-state index contributed by atoms with van der Waals surface area (Å²) in [6.07, 6.45) is 1.45. The van der Waals surface area contributed by atoms with Crippen molar-refractivity contribution in [3.8, 4) is 5.75 Å². The maximum Gasteiger partial charge on any atom is 0.119 e. The van der Waals surface area contributed by atoms with E-state index >= 15 is 0 Å². The maximum atomic E-state index is 10.7. The molecule has 122 valence electrons. The molecule has 0 amide bonds. The lowest BCUT2D eigenvalue weighted by molar-refractivity contribution is -0.0537. The largest absolute Gasteiger partial charge is 0.491 e. The van der Waals surface area contributed by atoms with E-state index in [1.54, 1.807) is 0 Å². The lowest BCUT2D eigenvalue weighted by Crippen LogP contribution is -2.47. The van der Waals surface area contributed by atoms with Crippen LogP contribution in [0.25, 0.3) is 0 Å². The third-order valence-corrected chi connectivity index (χ3v) is 4.57. The molecule has 0 atom stereocenters. The number of benzene rings is 2. The Kier molecular flexibility index (Phi) is 5.21. The number of aliphatic hydroxyl groups is 1.